The van der Waals surface area contributed by atoms with Crippen LogP contribution in [0.15, 0.2) is 44.9 Å². The Balaban J connectivity index is 0.00000225. The number of carbonyl (C=O) groups excluding carboxylic acids is 1. The summed E-state index contributed by atoms with van der Waals surface area (Å²) >= 11 is 12.1. The van der Waals surface area contributed by atoms with Gasteiger partial charge in [-0.05, 0) is 29.8 Å². The first-order valence-electron chi connectivity index (χ1n) is 6.80. The van der Waals surface area contributed by atoms with Gasteiger partial charge in [0.2, 0.25) is 5.78 Å². The Morgan fingerprint density at radius 2 is 1.96 bits per heavy atom. The van der Waals surface area contributed by atoms with Gasteiger partial charge in [0.15, 0.2) is 0 Å². The average molecular weight is 405 g/mol. The Morgan fingerprint density at radius 3 is 2.56 bits per heavy atom. The molecule has 0 radical (unpaired) electrons. The molecule has 0 bridgehead atoms. The lowest BCUT2D eigenvalue weighted by Gasteiger charge is -2.36. The van der Waals surface area contributed by atoms with Crippen molar-refractivity contribution in [2.24, 2.45) is 4.99 Å². The first-order chi connectivity index (χ1) is 11.0. The van der Waals surface area contributed by atoms with E-state index in [0.29, 0.717) is 22.5 Å². The highest BCUT2D eigenvalue weighted by Gasteiger charge is 2.40. The average Bonchev–Trinajstić information content (AvgIpc) is 2.43. The van der Waals surface area contributed by atoms with E-state index in [9.17, 15) is 14.3 Å². The minimum absolute atomic E-state index is 0. The van der Waals surface area contributed by atoms with Crippen molar-refractivity contribution < 1.29 is 23.7 Å². The molecule has 0 saturated carbocycles. The predicted molar refractivity (Wildman–Crippen MR) is 94.8 cm³/mol. The van der Waals surface area contributed by atoms with E-state index < -0.39 is 19.0 Å². The fraction of sp³-hybridized carbons (Fsp3) is 0.200. The topological polar surface area (TPSA) is 136 Å². The summed E-state index contributed by atoms with van der Waals surface area (Å²) in [5.74, 6) is -0.552. The van der Waals surface area contributed by atoms with E-state index in [0.717, 1.165) is 0 Å². The summed E-state index contributed by atoms with van der Waals surface area (Å²) in [6, 6.07) is 4.37. The van der Waals surface area contributed by atoms with Crippen LogP contribution in [0.5, 0.6) is 5.75 Å². The summed E-state index contributed by atoms with van der Waals surface area (Å²) in [5, 5.41) is -0.0471. The Hall–Kier alpha value is -1.47. The molecule has 7 nitrogen and oxygen atoms in total. The number of ketones is 1. The highest BCUT2D eigenvalue weighted by molar-refractivity contribution is 7.45. The first kappa shape index (κ1) is 19.8. The second-order valence-electron chi connectivity index (χ2n) is 5.87. The molecule has 1 aromatic rings. The van der Waals surface area contributed by atoms with E-state index in [1.54, 1.807) is 6.07 Å². The van der Waals surface area contributed by atoms with Crippen LogP contribution >= 0.6 is 31.0 Å². The third kappa shape index (κ3) is 3.44. The number of phosphoric acid groups is 1. The van der Waals surface area contributed by atoms with Gasteiger partial charge in [-0.3, -0.25) is 9.36 Å². The highest BCUT2D eigenvalue weighted by atomic mass is 35.5. The smallest absolute Gasteiger partial charge is 0.317 e. The van der Waals surface area contributed by atoms with Gasteiger partial charge in [-0.2, -0.15) is 0 Å². The van der Waals surface area contributed by atoms with Crippen LogP contribution in [0.3, 0.4) is 0 Å². The van der Waals surface area contributed by atoms with Crippen molar-refractivity contribution in [3.63, 3.8) is 0 Å². The molecule has 1 aliphatic carbocycles. The van der Waals surface area contributed by atoms with Crippen molar-refractivity contribution in [2.45, 2.75) is 19.3 Å². The van der Waals surface area contributed by atoms with Crippen molar-refractivity contribution in [3.05, 3.63) is 45.5 Å². The monoisotopic (exact) mass is 404 g/mol. The Labute approximate surface area is 153 Å². The molecule has 0 saturated heterocycles. The largest absolute Gasteiger partial charge is 0.746 e. The van der Waals surface area contributed by atoms with Gasteiger partial charge in [0.05, 0.1) is 21.5 Å². The lowest BCUT2D eigenvalue weighted by atomic mass is 9.71. The lowest BCUT2D eigenvalue weighted by Crippen LogP contribution is -2.32. The Morgan fingerprint density at radius 1 is 1.32 bits per heavy atom. The molecule has 1 aromatic carbocycles. The third-order valence-electron chi connectivity index (χ3n) is 3.88. The van der Waals surface area contributed by atoms with Crippen molar-refractivity contribution in [2.75, 3.05) is 0 Å². The third-order valence-corrected chi connectivity index (χ3v) is 4.97. The van der Waals surface area contributed by atoms with E-state index >= 15 is 0 Å². The van der Waals surface area contributed by atoms with Gasteiger partial charge in [-0.25, -0.2) is 4.99 Å². The van der Waals surface area contributed by atoms with Crippen LogP contribution in [0, 0.1) is 0 Å². The molecule has 1 heterocycles. The second kappa shape index (κ2) is 6.36. The van der Waals surface area contributed by atoms with Crippen molar-refractivity contribution in [3.8, 4) is 5.75 Å². The molecule has 10 heteroatoms. The number of allylic oxidation sites excluding steroid dienone is 4. The van der Waals surface area contributed by atoms with Gasteiger partial charge in [-0.15, -0.1) is 0 Å². The zero-order valence-corrected chi connectivity index (χ0v) is 15.9. The summed E-state index contributed by atoms with van der Waals surface area (Å²) in [6.07, 6.45) is 1.46. The molecule has 1 aliphatic heterocycles. The molecule has 134 valence electrons. The van der Waals surface area contributed by atoms with E-state index in [2.05, 4.69) is 9.52 Å². The number of halogens is 2. The molecular formula is C15H15Cl2N2O5P. The number of benzene rings is 1. The maximum Gasteiger partial charge on any atom is 0.317 e. The van der Waals surface area contributed by atoms with Gasteiger partial charge in [0, 0.05) is 11.0 Å². The Bertz CT molecular complexity index is 914. The standard InChI is InChI=1S/C15H12Cl2NO5P.H3N/c1-15(2)8-5-7(23-24(20,21)22)3-4-10(8)18-11-6-9(16)14(19)13(17)12(11)15;/h3-6H,1-2H3,(H2,20,21,22);1H3. The van der Waals surface area contributed by atoms with Crippen LogP contribution in [0.4, 0.5) is 5.69 Å². The number of hydrogen-bond donors (Lipinski definition) is 2. The zero-order valence-electron chi connectivity index (χ0n) is 13.5. The summed E-state index contributed by atoms with van der Waals surface area (Å²) in [7, 11) is -4.93. The molecule has 1 atom stereocenters. The normalized spacial score (nSPS) is 20.5. The molecule has 0 amide bonds. The fourth-order valence-corrected chi connectivity index (χ4v) is 3.90. The van der Waals surface area contributed by atoms with Crippen LogP contribution in [0.1, 0.15) is 19.4 Å². The SMILES string of the molecule is CC1(C)C2=C(Cl)C(=O)C(Cl)=CC2=Nc2ccc(OP(=O)([O-])O)cc21.[NH4+]. The number of carbonyl (C=O) groups is 1. The van der Waals surface area contributed by atoms with Crippen molar-refractivity contribution in [1.82, 2.24) is 6.15 Å². The summed E-state index contributed by atoms with van der Waals surface area (Å²) in [5.41, 5.74) is 1.38. The van der Waals surface area contributed by atoms with Crippen molar-refractivity contribution >= 4 is 48.2 Å². The molecule has 5 N–H and O–H groups in total. The molecule has 0 fully saturated rings. The maximum atomic E-state index is 12.1. The molecule has 2 aliphatic rings. The Kier molecular flexibility index (Phi) is 5.05. The highest BCUT2D eigenvalue weighted by Crippen LogP contribution is 2.48. The minimum atomic E-state index is -4.93. The summed E-state index contributed by atoms with van der Waals surface area (Å²) in [4.78, 5) is 36.3. The molecule has 0 spiro atoms. The number of hydrogen-bond acceptors (Lipinski definition) is 5. The van der Waals surface area contributed by atoms with Crippen LogP contribution in [0.25, 0.3) is 0 Å². The maximum absolute atomic E-state index is 12.1. The fourth-order valence-electron chi connectivity index (χ4n) is 2.84. The number of Topliss-reactive ketones (excluding diaryl/α,β-unsaturated/α-hetero) is 1. The number of aliphatic imine (C=N–C) groups is 1. The zero-order chi connectivity index (χ0) is 17.9. The van der Waals surface area contributed by atoms with Crippen LogP contribution < -0.4 is 15.6 Å². The number of nitrogens with zero attached hydrogens (tertiary/aromatic N) is 1. The van der Waals surface area contributed by atoms with E-state index in [1.807, 2.05) is 13.8 Å². The minimum Gasteiger partial charge on any atom is -0.746 e. The van der Waals surface area contributed by atoms with E-state index in [-0.39, 0.29) is 22.0 Å². The van der Waals surface area contributed by atoms with Crippen molar-refractivity contribution in [1.29, 1.82) is 0 Å². The molecule has 0 aromatic heterocycles. The van der Waals surface area contributed by atoms with Crippen LogP contribution in [-0.2, 0) is 14.8 Å². The second-order valence-corrected chi connectivity index (χ2v) is 7.78. The van der Waals surface area contributed by atoms with Gasteiger partial charge >= 0.3 is 7.82 Å². The number of rotatable bonds is 2. The summed E-state index contributed by atoms with van der Waals surface area (Å²) in [6.45, 7) is 3.64. The van der Waals surface area contributed by atoms with Crippen LogP contribution in [0.2, 0.25) is 0 Å². The molecular weight excluding hydrogens is 390 g/mol. The molecule has 1 unspecified atom stereocenters. The number of fused-ring (bicyclic) bond motifs is 2. The van der Waals surface area contributed by atoms with Crippen LogP contribution in [-0.4, -0.2) is 16.4 Å². The number of quaternary nitrogens is 1. The van der Waals surface area contributed by atoms with Gasteiger partial charge in [0.1, 0.15) is 5.75 Å². The lowest BCUT2D eigenvalue weighted by molar-refractivity contribution is -0.211. The van der Waals surface area contributed by atoms with Gasteiger partial charge in [-0.1, -0.05) is 37.0 Å². The molecule has 25 heavy (non-hydrogen) atoms. The van der Waals surface area contributed by atoms with Gasteiger partial charge in [0.25, 0.3) is 0 Å². The van der Waals surface area contributed by atoms with E-state index in [1.165, 1.54) is 18.2 Å². The summed E-state index contributed by atoms with van der Waals surface area (Å²) < 4.78 is 15.4. The molecule has 3 rings (SSSR count). The predicted octanol–water partition coefficient (Wildman–Crippen LogP) is 3.46. The van der Waals surface area contributed by atoms with E-state index in [4.69, 9.17) is 28.1 Å². The quantitative estimate of drug-likeness (QED) is 0.574. The van der Waals surface area contributed by atoms with Gasteiger partial charge < -0.3 is 20.5 Å². The first-order valence-corrected chi connectivity index (χ1v) is 9.05. The number of phosphoric ester groups is 1.